The van der Waals surface area contributed by atoms with Crippen LogP contribution in [0.5, 0.6) is 0 Å². The molecule has 16 heavy (non-hydrogen) atoms. The molecule has 0 bridgehead atoms. The van der Waals surface area contributed by atoms with E-state index in [1.54, 1.807) is 0 Å². The fourth-order valence-corrected chi connectivity index (χ4v) is 0. The molecule has 0 aliphatic carbocycles. The van der Waals surface area contributed by atoms with E-state index >= 15 is 0 Å². The van der Waals surface area contributed by atoms with Crippen LogP contribution >= 0.6 is 0 Å². The summed E-state index contributed by atoms with van der Waals surface area (Å²) in [5.74, 6) is 0. The van der Waals surface area contributed by atoms with Crippen molar-refractivity contribution in [3.05, 3.63) is 0 Å². The molecule has 0 aromatic carbocycles. The summed E-state index contributed by atoms with van der Waals surface area (Å²) in [6.07, 6.45) is 0. The van der Waals surface area contributed by atoms with Crippen LogP contribution in [0.25, 0.3) is 0 Å². The molecule has 0 radical (unpaired) electrons. The zero-order valence-corrected chi connectivity index (χ0v) is 7.94. The van der Waals surface area contributed by atoms with E-state index in [4.69, 9.17) is 17.5 Å². The second kappa shape index (κ2) is 72.8. The fraction of sp³-hybridized carbons (Fsp3) is 0. The molecule has 0 saturated heterocycles. The van der Waals surface area contributed by atoms with E-state index in [-0.39, 0.29) is 106 Å². The van der Waals surface area contributed by atoms with Crippen LogP contribution in [-0.2, 0) is 10.4 Å². The molecule has 0 aromatic rings. The number of rotatable bonds is 0. The summed E-state index contributed by atoms with van der Waals surface area (Å²) in [6.45, 7) is 0. The molecule has 0 aliphatic rings. The summed E-state index contributed by atoms with van der Waals surface area (Å²) in [6, 6.07) is 0. The predicted octanol–water partition coefficient (Wildman–Crippen LogP) is -9.55. The third kappa shape index (κ3) is 2460. The van der Waals surface area contributed by atoms with Gasteiger partial charge < -0.3 is 54.8 Å². The van der Waals surface area contributed by atoms with Crippen LogP contribution in [0.15, 0.2) is 0 Å². The first-order chi connectivity index (χ1) is 2.00. The van der Waals surface area contributed by atoms with Gasteiger partial charge in [-0.1, -0.05) is 0 Å². The molecule has 22 N–H and O–H groups in total. The Hall–Kier alpha value is 1.11. The van der Waals surface area contributed by atoms with Crippen molar-refractivity contribution in [3.63, 3.8) is 0 Å². The Kier molecular flexibility index (Phi) is 774. The summed E-state index contributed by atoms with van der Waals surface area (Å²) >= 11 is 0. The van der Waals surface area contributed by atoms with Crippen molar-refractivity contribution in [2.24, 2.45) is 0 Å². The van der Waals surface area contributed by atoms with Gasteiger partial charge in [-0.25, -0.2) is 0 Å². The molecule has 0 fully saturated rings. The molecule has 0 rings (SSSR count). The van der Waals surface area contributed by atoms with Gasteiger partial charge in [0.2, 0.25) is 0 Å². The van der Waals surface area contributed by atoms with Gasteiger partial charge >= 0.3 is 61.8 Å². The van der Waals surface area contributed by atoms with E-state index < -0.39 is 10.4 Å². The number of hydrogen-bond acceptors (Lipinski definition) is 2. The summed E-state index contributed by atoms with van der Waals surface area (Å²) in [4.78, 5) is 0. The van der Waals surface area contributed by atoms with Crippen LogP contribution in [0.2, 0.25) is 0 Å². The molecule has 0 atom stereocenters. The van der Waals surface area contributed by atoms with Gasteiger partial charge in [0.15, 0.2) is 0 Å². The quantitative estimate of drug-likeness (QED) is 0.324. The van der Waals surface area contributed by atoms with Gasteiger partial charge in [-0.2, -0.15) is 8.42 Å². The normalized spacial score (nSPS) is 3.62. The van der Waals surface area contributed by atoms with Crippen molar-refractivity contribution in [2.75, 3.05) is 0 Å². The average molecular weight is 318 g/mol. The van der Waals surface area contributed by atoms with Crippen molar-refractivity contribution in [3.8, 4) is 0 Å². The molecule has 0 heterocycles. The molecule has 0 aliphatic heterocycles. The monoisotopic (exact) mass is 318 g/mol. The van der Waals surface area contributed by atoms with Crippen molar-refractivity contribution in [2.45, 2.75) is 0 Å². The van der Waals surface area contributed by atoms with Crippen LogP contribution in [0.3, 0.4) is 0 Å². The first-order valence-corrected chi connectivity index (χ1v) is 2.10. The zero-order valence-electron chi connectivity index (χ0n) is 7.12. The summed E-state index contributed by atoms with van der Waals surface area (Å²) in [7, 11) is -4.67. The molecule has 14 nitrogen and oxygen atoms in total. The summed E-state index contributed by atoms with van der Waals surface area (Å²) in [5, 5.41) is 0. The SMILES string of the molecule is O.O.O.O.O.O.O.O.O.O.O=S(=O)(O)O.[KH]. The van der Waals surface area contributed by atoms with Crippen molar-refractivity contribution in [1.82, 2.24) is 0 Å². The van der Waals surface area contributed by atoms with Gasteiger partial charge in [0, 0.05) is 0 Å². The van der Waals surface area contributed by atoms with E-state index in [0.29, 0.717) is 0 Å². The van der Waals surface area contributed by atoms with Gasteiger partial charge in [0.25, 0.3) is 0 Å². The average Bonchev–Trinajstić information content (AvgIpc) is 0.722. The molecule has 0 saturated carbocycles. The fourth-order valence-electron chi connectivity index (χ4n) is 0. The van der Waals surface area contributed by atoms with Crippen LogP contribution in [0.1, 0.15) is 0 Å². The third-order valence-corrected chi connectivity index (χ3v) is 0. The zero-order chi connectivity index (χ0) is 4.50. The van der Waals surface area contributed by atoms with Gasteiger partial charge in [-0.3, -0.25) is 9.11 Å². The van der Waals surface area contributed by atoms with E-state index in [1.807, 2.05) is 0 Å². The van der Waals surface area contributed by atoms with Gasteiger partial charge in [-0.15, -0.1) is 0 Å². The molecular formula is H23KO14S. The second-order valence-electron chi connectivity index (χ2n) is 0.448. The Morgan fingerprint density at radius 2 is 0.500 bits per heavy atom. The number of hydrogen-bond donors (Lipinski definition) is 2. The summed E-state index contributed by atoms with van der Waals surface area (Å²) in [5.41, 5.74) is 0. The molecule has 0 aromatic heterocycles. The minimum absolute atomic E-state index is 0. The Labute approximate surface area is 133 Å². The van der Waals surface area contributed by atoms with E-state index in [2.05, 4.69) is 0 Å². The van der Waals surface area contributed by atoms with Crippen LogP contribution in [0.4, 0.5) is 0 Å². The standard InChI is InChI=1S/K.H2O4S.10H2O.H/c;1-5(2,3)4;;;;;;;;;;;/h;(H2,1,2,3,4);10*1H2;. The van der Waals surface area contributed by atoms with Crippen LogP contribution < -0.4 is 0 Å². The topological polar surface area (TPSA) is 390 Å². The molecule has 0 unspecified atom stereocenters. The third-order valence-electron chi connectivity index (χ3n) is 0. The maximum atomic E-state index is 8.74. The minimum atomic E-state index is -4.67. The molecule has 114 valence electrons. The Morgan fingerprint density at radius 3 is 0.500 bits per heavy atom. The van der Waals surface area contributed by atoms with Gasteiger partial charge in [0.1, 0.15) is 0 Å². The van der Waals surface area contributed by atoms with Crippen LogP contribution in [0, 0.1) is 0 Å². The Morgan fingerprint density at radius 1 is 0.500 bits per heavy atom. The maximum absolute atomic E-state index is 8.74. The predicted molar refractivity (Wildman–Crippen MR) is 57.5 cm³/mol. The molecular weight excluding hydrogens is 295 g/mol. The van der Waals surface area contributed by atoms with E-state index in [9.17, 15) is 0 Å². The van der Waals surface area contributed by atoms with Gasteiger partial charge in [0.05, 0.1) is 0 Å². The molecule has 0 amide bonds. The molecule has 0 spiro atoms. The molecule has 16 heteroatoms. The first-order valence-electron chi connectivity index (χ1n) is 0.698. The van der Waals surface area contributed by atoms with Crippen molar-refractivity contribution >= 4 is 61.8 Å². The summed E-state index contributed by atoms with van der Waals surface area (Å²) < 4.78 is 31.6. The first kappa shape index (κ1) is 170. The Bertz CT molecular complexity index is 93.9. The van der Waals surface area contributed by atoms with E-state index in [0.717, 1.165) is 0 Å². The Balaban J connectivity index is -0.00000000145. The van der Waals surface area contributed by atoms with Crippen molar-refractivity contribution in [1.29, 1.82) is 0 Å². The van der Waals surface area contributed by atoms with E-state index in [1.165, 1.54) is 0 Å². The van der Waals surface area contributed by atoms with Crippen LogP contribution in [-0.4, -0.2) is 124 Å². The van der Waals surface area contributed by atoms with Crippen molar-refractivity contribution < 1.29 is 72.3 Å². The van der Waals surface area contributed by atoms with Gasteiger partial charge in [-0.05, 0) is 0 Å². The second-order valence-corrected chi connectivity index (χ2v) is 1.34.